The van der Waals surface area contributed by atoms with Crippen molar-refractivity contribution in [2.75, 3.05) is 19.6 Å². The maximum absolute atomic E-state index is 5.93. The molecule has 1 atom stereocenters. The van der Waals surface area contributed by atoms with Gasteiger partial charge in [0, 0.05) is 18.2 Å². The number of hydrogen-bond acceptors (Lipinski definition) is 3. The maximum atomic E-state index is 5.93. The number of aliphatic imine (C=N–C) groups is 1. The SMILES string of the molecule is CCN1CCCC1CNC(N)=NCc1cc(C)oc1C.I. The van der Waals surface area contributed by atoms with Crippen molar-refractivity contribution in [3.63, 3.8) is 0 Å². The molecular weight excluding hydrogens is 379 g/mol. The molecule has 0 radical (unpaired) electrons. The minimum absolute atomic E-state index is 0. The van der Waals surface area contributed by atoms with Gasteiger partial charge in [0.05, 0.1) is 6.54 Å². The summed E-state index contributed by atoms with van der Waals surface area (Å²) in [7, 11) is 0. The van der Waals surface area contributed by atoms with Gasteiger partial charge in [-0.2, -0.15) is 0 Å². The van der Waals surface area contributed by atoms with Crippen LogP contribution in [-0.2, 0) is 6.54 Å². The largest absolute Gasteiger partial charge is 0.466 e. The normalized spacial score (nSPS) is 19.6. The molecule has 5 nitrogen and oxygen atoms in total. The molecule has 0 spiro atoms. The van der Waals surface area contributed by atoms with Crippen LogP contribution in [0.4, 0.5) is 0 Å². The lowest BCUT2D eigenvalue weighted by Crippen LogP contribution is -2.42. The third kappa shape index (κ3) is 5.18. The number of furan rings is 1. The number of halogens is 1. The molecule has 1 fully saturated rings. The van der Waals surface area contributed by atoms with E-state index in [1.165, 1.54) is 19.4 Å². The summed E-state index contributed by atoms with van der Waals surface area (Å²) in [5.74, 6) is 2.36. The highest BCUT2D eigenvalue weighted by Crippen LogP contribution is 2.16. The standard InChI is InChI=1S/C15H26N4O.HI/c1-4-19-7-5-6-14(19)10-18-15(16)17-9-13-8-11(2)20-12(13)3;/h8,14H,4-7,9-10H2,1-3H3,(H3,16,17,18);1H. The van der Waals surface area contributed by atoms with Crippen LogP contribution in [0.25, 0.3) is 0 Å². The Balaban J connectivity index is 0.00000220. The third-order valence-electron chi connectivity index (χ3n) is 3.99. The molecule has 1 aliphatic rings. The first-order valence-electron chi connectivity index (χ1n) is 7.44. The molecule has 0 aliphatic carbocycles. The zero-order chi connectivity index (χ0) is 14.5. The molecule has 2 heterocycles. The van der Waals surface area contributed by atoms with Crippen LogP contribution >= 0.6 is 24.0 Å². The number of rotatable bonds is 5. The molecule has 0 aromatic carbocycles. The fourth-order valence-corrected chi connectivity index (χ4v) is 2.83. The van der Waals surface area contributed by atoms with E-state index >= 15 is 0 Å². The Hall–Kier alpha value is -0.760. The lowest BCUT2D eigenvalue weighted by molar-refractivity contribution is 0.267. The number of nitrogens with two attached hydrogens (primary N) is 1. The molecule has 3 N–H and O–H groups in total. The van der Waals surface area contributed by atoms with Gasteiger partial charge in [-0.25, -0.2) is 4.99 Å². The first-order chi connectivity index (χ1) is 9.60. The lowest BCUT2D eigenvalue weighted by Gasteiger charge is -2.23. The van der Waals surface area contributed by atoms with E-state index in [0.717, 1.165) is 30.2 Å². The Morgan fingerprint density at radius 1 is 1.52 bits per heavy atom. The van der Waals surface area contributed by atoms with E-state index in [4.69, 9.17) is 10.2 Å². The molecule has 0 amide bonds. The molecule has 0 bridgehead atoms. The number of aryl methyl sites for hydroxylation is 2. The Morgan fingerprint density at radius 2 is 2.29 bits per heavy atom. The van der Waals surface area contributed by atoms with Crippen molar-refractivity contribution in [1.29, 1.82) is 0 Å². The zero-order valence-electron chi connectivity index (χ0n) is 13.2. The maximum Gasteiger partial charge on any atom is 0.188 e. The highest BCUT2D eigenvalue weighted by molar-refractivity contribution is 14.0. The van der Waals surface area contributed by atoms with Gasteiger partial charge in [0.15, 0.2) is 5.96 Å². The van der Waals surface area contributed by atoms with Crippen molar-refractivity contribution < 1.29 is 4.42 Å². The molecule has 1 aromatic heterocycles. The topological polar surface area (TPSA) is 66.8 Å². The van der Waals surface area contributed by atoms with Crippen molar-refractivity contribution in [2.45, 2.75) is 46.2 Å². The summed E-state index contributed by atoms with van der Waals surface area (Å²) in [6, 6.07) is 2.61. The van der Waals surface area contributed by atoms with Crippen LogP contribution in [0.3, 0.4) is 0 Å². The number of likely N-dealkylation sites (N-methyl/N-ethyl adjacent to an activating group) is 1. The first-order valence-corrected chi connectivity index (χ1v) is 7.44. The monoisotopic (exact) mass is 406 g/mol. The summed E-state index contributed by atoms with van der Waals surface area (Å²) in [6.45, 7) is 9.88. The number of nitrogens with zero attached hydrogens (tertiary/aromatic N) is 2. The Bertz CT molecular complexity index is 472. The van der Waals surface area contributed by atoms with Crippen molar-refractivity contribution in [3.8, 4) is 0 Å². The molecule has 1 saturated heterocycles. The summed E-state index contributed by atoms with van der Waals surface area (Å²) < 4.78 is 5.48. The fourth-order valence-electron chi connectivity index (χ4n) is 2.83. The average molecular weight is 406 g/mol. The van der Waals surface area contributed by atoms with Crippen molar-refractivity contribution >= 4 is 29.9 Å². The fraction of sp³-hybridized carbons (Fsp3) is 0.667. The minimum Gasteiger partial charge on any atom is -0.466 e. The van der Waals surface area contributed by atoms with E-state index in [-0.39, 0.29) is 24.0 Å². The summed E-state index contributed by atoms with van der Waals surface area (Å²) in [4.78, 5) is 6.88. The third-order valence-corrected chi connectivity index (χ3v) is 3.99. The predicted octanol–water partition coefficient (Wildman–Crippen LogP) is 2.40. The van der Waals surface area contributed by atoms with Crippen LogP contribution < -0.4 is 11.1 Å². The predicted molar refractivity (Wildman–Crippen MR) is 97.2 cm³/mol. The van der Waals surface area contributed by atoms with E-state index in [2.05, 4.69) is 22.1 Å². The van der Waals surface area contributed by atoms with E-state index in [1.54, 1.807) is 0 Å². The molecule has 1 aliphatic heterocycles. The van der Waals surface area contributed by atoms with Gasteiger partial charge in [-0.15, -0.1) is 24.0 Å². The molecule has 6 heteroatoms. The van der Waals surface area contributed by atoms with Gasteiger partial charge in [-0.3, -0.25) is 4.90 Å². The highest BCUT2D eigenvalue weighted by Gasteiger charge is 2.22. The van der Waals surface area contributed by atoms with Crippen LogP contribution in [0.5, 0.6) is 0 Å². The van der Waals surface area contributed by atoms with Gasteiger partial charge < -0.3 is 15.5 Å². The van der Waals surface area contributed by atoms with E-state index in [9.17, 15) is 0 Å². The smallest absolute Gasteiger partial charge is 0.188 e. The van der Waals surface area contributed by atoms with Gasteiger partial charge in [0.25, 0.3) is 0 Å². The molecule has 2 rings (SSSR count). The van der Waals surface area contributed by atoms with Crippen molar-refractivity contribution in [1.82, 2.24) is 10.2 Å². The van der Waals surface area contributed by atoms with E-state index in [1.807, 2.05) is 19.9 Å². The van der Waals surface area contributed by atoms with Crippen LogP contribution in [0.2, 0.25) is 0 Å². The lowest BCUT2D eigenvalue weighted by atomic mass is 10.2. The van der Waals surface area contributed by atoms with Gasteiger partial charge in [-0.1, -0.05) is 6.92 Å². The second-order valence-corrected chi connectivity index (χ2v) is 5.45. The minimum atomic E-state index is 0. The van der Waals surface area contributed by atoms with Crippen molar-refractivity contribution in [2.24, 2.45) is 10.7 Å². The first kappa shape index (κ1) is 18.3. The molecule has 1 aromatic rings. The van der Waals surface area contributed by atoms with Gasteiger partial charge >= 0.3 is 0 Å². The number of nitrogens with one attached hydrogen (secondary N) is 1. The summed E-state index contributed by atoms with van der Waals surface area (Å²) >= 11 is 0. The molecule has 21 heavy (non-hydrogen) atoms. The van der Waals surface area contributed by atoms with Crippen molar-refractivity contribution in [3.05, 3.63) is 23.2 Å². The number of guanidine groups is 1. The van der Waals surface area contributed by atoms with Crippen LogP contribution in [0.15, 0.2) is 15.5 Å². The van der Waals surface area contributed by atoms with Crippen LogP contribution in [-0.4, -0.2) is 36.5 Å². The summed E-state index contributed by atoms with van der Waals surface area (Å²) in [5, 5.41) is 3.24. The average Bonchev–Trinajstić information content (AvgIpc) is 2.99. The summed E-state index contributed by atoms with van der Waals surface area (Å²) in [5.41, 5.74) is 7.03. The number of hydrogen-bond donors (Lipinski definition) is 2. The van der Waals surface area contributed by atoms with Crippen LogP contribution in [0.1, 0.15) is 36.8 Å². The second-order valence-electron chi connectivity index (χ2n) is 5.45. The quantitative estimate of drug-likeness (QED) is 0.448. The summed E-state index contributed by atoms with van der Waals surface area (Å²) in [6.07, 6.45) is 2.53. The van der Waals surface area contributed by atoms with Gasteiger partial charge in [-0.05, 0) is 45.8 Å². The molecular formula is C15H27IN4O. The van der Waals surface area contributed by atoms with E-state index < -0.39 is 0 Å². The van der Waals surface area contributed by atoms with Gasteiger partial charge in [0.2, 0.25) is 0 Å². The molecule has 120 valence electrons. The van der Waals surface area contributed by atoms with Crippen LogP contribution in [0, 0.1) is 13.8 Å². The Kier molecular flexibility index (Phi) is 7.51. The Labute approximate surface area is 144 Å². The van der Waals surface area contributed by atoms with E-state index in [0.29, 0.717) is 18.5 Å². The zero-order valence-corrected chi connectivity index (χ0v) is 15.5. The Morgan fingerprint density at radius 3 is 2.90 bits per heavy atom. The second kappa shape index (κ2) is 8.63. The highest BCUT2D eigenvalue weighted by atomic mass is 127. The molecule has 0 saturated carbocycles. The molecule has 1 unspecified atom stereocenters. The number of likely N-dealkylation sites (tertiary alicyclic amines) is 1. The van der Waals surface area contributed by atoms with Gasteiger partial charge in [0.1, 0.15) is 11.5 Å².